The summed E-state index contributed by atoms with van der Waals surface area (Å²) in [7, 11) is 0. The second-order valence-electron chi connectivity index (χ2n) is 5.56. The molecule has 100 valence electrons. The number of hydrogen-bond acceptors (Lipinski definition) is 3. The van der Waals surface area contributed by atoms with Crippen molar-refractivity contribution in [3.63, 3.8) is 0 Å². The van der Waals surface area contributed by atoms with Gasteiger partial charge in [0.15, 0.2) is 0 Å². The molecule has 1 aromatic carbocycles. The fraction of sp³-hybridized carbons (Fsp3) is 0.600. The van der Waals surface area contributed by atoms with Crippen molar-refractivity contribution < 1.29 is 5.11 Å². The van der Waals surface area contributed by atoms with E-state index < -0.39 is 5.60 Å². The van der Waals surface area contributed by atoms with E-state index >= 15 is 0 Å². The average molecular weight is 248 g/mol. The van der Waals surface area contributed by atoms with Crippen molar-refractivity contribution >= 4 is 5.69 Å². The maximum absolute atomic E-state index is 10.0. The first-order chi connectivity index (χ1) is 8.53. The van der Waals surface area contributed by atoms with Crippen LogP contribution in [0.3, 0.4) is 0 Å². The Bertz CT molecular complexity index is 393. The number of benzene rings is 1. The lowest BCUT2D eigenvalue weighted by Gasteiger charge is -2.38. The monoisotopic (exact) mass is 248 g/mol. The zero-order chi connectivity index (χ0) is 13.2. The summed E-state index contributed by atoms with van der Waals surface area (Å²) in [5.74, 6) is 0. The van der Waals surface area contributed by atoms with Gasteiger partial charge in [-0.2, -0.15) is 0 Å². The Kier molecular flexibility index (Phi) is 3.93. The first-order valence-corrected chi connectivity index (χ1v) is 6.85. The molecule has 0 radical (unpaired) electrons. The van der Waals surface area contributed by atoms with Crippen LogP contribution in [0.15, 0.2) is 24.3 Å². The first kappa shape index (κ1) is 13.4. The highest BCUT2D eigenvalue weighted by Gasteiger charge is 2.28. The summed E-state index contributed by atoms with van der Waals surface area (Å²) in [6.07, 6.45) is 2.59. The van der Waals surface area contributed by atoms with Crippen molar-refractivity contribution in [3.8, 4) is 0 Å². The van der Waals surface area contributed by atoms with Gasteiger partial charge in [-0.1, -0.05) is 25.1 Å². The number of rotatable bonds is 3. The molecule has 0 amide bonds. The lowest BCUT2D eigenvalue weighted by atomic mass is 9.92. The van der Waals surface area contributed by atoms with Crippen LogP contribution in [0.25, 0.3) is 0 Å². The average Bonchev–Trinajstić information content (AvgIpc) is 2.38. The number of hydrogen-bond donors (Lipinski definition) is 2. The molecule has 1 aliphatic rings. The summed E-state index contributed by atoms with van der Waals surface area (Å²) >= 11 is 0. The van der Waals surface area contributed by atoms with E-state index in [2.05, 4.69) is 36.1 Å². The molecule has 1 heterocycles. The van der Waals surface area contributed by atoms with E-state index in [1.54, 1.807) is 0 Å². The molecular formula is C15H24N2O. The third kappa shape index (κ3) is 2.85. The van der Waals surface area contributed by atoms with Crippen molar-refractivity contribution in [2.75, 3.05) is 18.0 Å². The zero-order valence-electron chi connectivity index (χ0n) is 11.4. The highest BCUT2D eigenvalue weighted by atomic mass is 16.3. The molecule has 0 spiro atoms. The highest BCUT2D eigenvalue weighted by molar-refractivity contribution is 5.55. The summed E-state index contributed by atoms with van der Waals surface area (Å²) in [6.45, 7) is 5.84. The molecule has 2 rings (SSSR count). The molecule has 18 heavy (non-hydrogen) atoms. The molecule has 1 saturated heterocycles. The van der Waals surface area contributed by atoms with Crippen LogP contribution >= 0.6 is 0 Å². The summed E-state index contributed by atoms with van der Waals surface area (Å²) in [6, 6.07) is 8.48. The van der Waals surface area contributed by atoms with E-state index in [1.807, 2.05) is 6.92 Å². The molecule has 0 saturated carbocycles. The van der Waals surface area contributed by atoms with Crippen LogP contribution in [0.5, 0.6) is 0 Å². The molecule has 1 fully saturated rings. The zero-order valence-corrected chi connectivity index (χ0v) is 11.4. The van der Waals surface area contributed by atoms with Gasteiger partial charge in [0.1, 0.15) is 0 Å². The second-order valence-corrected chi connectivity index (χ2v) is 5.56. The van der Waals surface area contributed by atoms with Crippen LogP contribution < -0.4 is 10.6 Å². The van der Waals surface area contributed by atoms with Gasteiger partial charge in [0, 0.05) is 24.8 Å². The molecule has 3 heteroatoms. The van der Waals surface area contributed by atoms with Crippen molar-refractivity contribution in [2.45, 2.75) is 44.8 Å². The largest absolute Gasteiger partial charge is 0.390 e. The minimum Gasteiger partial charge on any atom is -0.390 e. The maximum atomic E-state index is 10.0. The molecule has 3 N–H and O–H groups in total. The van der Waals surface area contributed by atoms with Crippen LogP contribution in [-0.2, 0) is 0 Å². The lowest BCUT2D eigenvalue weighted by Crippen LogP contribution is -2.43. The quantitative estimate of drug-likeness (QED) is 0.864. The van der Waals surface area contributed by atoms with Gasteiger partial charge in [-0.05, 0) is 37.8 Å². The Morgan fingerprint density at radius 1 is 1.33 bits per heavy atom. The standard InChI is InChI=1S/C15H24N2O/c1-3-13(16)12-6-4-5-7-14(12)17-10-8-15(2,18)9-11-17/h4-7,13,18H,3,8-11,16H2,1-2H3/t13-/m0/s1. The minimum absolute atomic E-state index is 0.101. The molecule has 0 unspecified atom stereocenters. The van der Waals surface area contributed by atoms with Gasteiger partial charge in [-0.15, -0.1) is 0 Å². The van der Waals surface area contributed by atoms with Crippen LogP contribution in [0.1, 0.15) is 44.7 Å². The fourth-order valence-electron chi connectivity index (χ4n) is 2.54. The maximum Gasteiger partial charge on any atom is 0.0653 e. The molecular weight excluding hydrogens is 224 g/mol. The number of nitrogens with zero attached hydrogens (tertiary/aromatic N) is 1. The Morgan fingerprint density at radius 3 is 2.56 bits per heavy atom. The third-order valence-corrected chi connectivity index (χ3v) is 3.96. The van der Waals surface area contributed by atoms with Crippen LogP contribution in [0.2, 0.25) is 0 Å². The molecule has 1 aromatic rings. The normalized spacial score (nSPS) is 20.8. The number of piperidine rings is 1. The smallest absolute Gasteiger partial charge is 0.0653 e. The molecule has 3 nitrogen and oxygen atoms in total. The number of para-hydroxylation sites is 1. The number of aliphatic hydroxyl groups is 1. The van der Waals surface area contributed by atoms with Gasteiger partial charge in [0.05, 0.1) is 5.60 Å². The molecule has 0 aromatic heterocycles. The lowest BCUT2D eigenvalue weighted by molar-refractivity contribution is 0.0351. The van der Waals surface area contributed by atoms with Crippen molar-refractivity contribution in [3.05, 3.63) is 29.8 Å². The first-order valence-electron chi connectivity index (χ1n) is 6.85. The van der Waals surface area contributed by atoms with Gasteiger partial charge in [-0.3, -0.25) is 0 Å². The van der Waals surface area contributed by atoms with Gasteiger partial charge in [0.25, 0.3) is 0 Å². The number of nitrogens with two attached hydrogens (primary N) is 1. The third-order valence-electron chi connectivity index (χ3n) is 3.96. The molecule has 0 aliphatic carbocycles. The minimum atomic E-state index is -0.502. The van der Waals surface area contributed by atoms with Crippen LogP contribution in [0, 0.1) is 0 Å². The number of anilines is 1. The highest BCUT2D eigenvalue weighted by Crippen LogP contribution is 2.31. The van der Waals surface area contributed by atoms with E-state index in [0.717, 1.165) is 32.4 Å². The molecule has 1 aliphatic heterocycles. The Hall–Kier alpha value is -1.06. The Labute approximate surface area is 110 Å². The summed E-state index contributed by atoms with van der Waals surface area (Å²) in [5, 5.41) is 10.0. The van der Waals surface area contributed by atoms with E-state index in [9.17, 15) is 5.11 Å². The van der Waals surface area contributed by atoms with Gasteiger partial charge >= 0.3 is 0 Å². The summed E-state index contributed by atoms with van der Waals surface area (Å²) < 4.78 is 0. The van der Waals surface area contributed by atoms with Crippen LogP contribution in [0.4, 0.5) is 5.69 Å². The van der Waals surface area contributed by atoms with E-state index in [1.165, 1.54) is 11.3 Å². The SMILES string of the molecule is CC[C@H](N)c1ccccc1N1CCC(C)(O)CC1. The van der Waals surface area contributed by atoms with E-state index in [-0.39, 0.29) is 6.04 Å². The topological polar surface area (TPSA) is 49.5 Å². The second kappa shape index (κ2) is 5.29. The van der Waals surface area contributed by atoms with E-state index in [4.69, 9.17) is 5.73 Å². The predicted octanol–water partition coefficient (Wildman–Crippen LogP) is 2.45. The Morgan fingerprint density at radius 2 is 1.94 bits per heavy atom. The Balaban J connectivity index is 2.19. The van der Waals surface area contributed by atoms with Crippen molar-refractivity contribution in [2.24, 2.45) is 5.73 Å². The summed E-state index contributed by atoms with van der Waals surface area (Å²) in [4.78, 5) is 2.35. The van der Waals surface area contributed by atoms with Crippen molar-refractivity contribution in [1.82, 2.24) is 0 Å². The predicted molar refractivity (Wildman–Crippen MR) is 75.7 cm³/mol. The molecule has 0 bridgehead atoms. The van der Waals surface area contributed by atoms with Gasteiger partial charge < -0.3 is 15.7 Å². The van der Waals surface area contributed by atoms with Gasteiger partial charge in [0.2, 0.25) is 0 Å². The van der Waals surface area contributed by atoms with Gasteiger partial charge in [-0.25, -0.2) is 0 Å². The fourth-order valence-corrected chi connectivity index (χ4v) is 2.54. The van der Waals surface area contributed by atoms with Crippen LogP contribution in [-0.4, -0.2) is 23.8 Å². The van der Waals surface area contributed by atoms with Crippen molar-refractivity contribution in [1.29, 1.82) is 0 Å². The van der Waals surface area contributed by atoms with E-state index in [0.29, 0.717) is 0 Å². The molecule has 1 atom stereocenters. The summed E-state index contributed by atoms with van der Waals surface area (Å²) in [5.41, 5.74) is 8.14.